The Balaban J connectivity index is 1.02. The lowest BCUT2D eigenvalue weighted by atomic mass is 10.0. The van der Waals surface area contributed by atoms with Gasteiger partial charge in [0.2, 0.25) is 0 Å². The van der Waals surface area contributed by atoms with Gasteiger partial charge in [0, 0.05) is 43.8 Å². The molecule has 0 aliphatic rings. The van der Waals surface area contributed by atoms with Gasteiger partial charge in [-0.05, 0) is 71.4 Å². The summed E-state index contributed by atoms with van der Waals surface area (Å²) in [6.07, 6.45) is 3.89. The maximum atomic E-state index is 6.75. The Bertz CT molecular complexity index is 3330. The van der Waals surface area contributed by atoms with Crippen molar-refractivity contribution in [1.82, 2.24) is 28.7 Å². The molecular weight excluding hydrogens is 725 g/mol. The summed E-state index contributed by atoms with van der Waals surface area (Å²) >= 11 is 0. The number of rotatable bonds is 6. The van der Waals surface area contributed by atoms with Crippen LogP contribution in [0.4, 0.5) is 0 Å². The van der Waals surface area contributed by atoms with E-state index in [1.165, 1.54) is 0 Å². The molecule has 0 amide bonds. The minimum atomic E-state index is 0.704. The van der Waals surface area contributed by atoms with Crippen molar-refractivity contribution in [1.29, 1.82) is 0 Å². The van der Waals surface area contributed by atoms with Gasteiger partial charge < -0.3 is 4.74 Å². The zero-order valence-corrected chi connectivity index (χ0v) is 31.6. The van der Waals surface area contributed by atoms with E-state index in [4.69, 9.17) is 24.7 Å². The number of benzene rings is 6. The van der Waals surface area contributed by atoms with Gasteiger partial charge >= 0.3 is 0 Å². The van der Waals surface area contributed by atoms with Crippen LogP contribution < -0.4 is 4.74 Å². The smallest absolute Gasteiger partial charge is 0.147 e. The van der Waals surface area contributed by atoms with Crippen molar-refractivity contribution in [2.24, 2.45) is 0 Å². The van der Waals surface area contributed by atoms with Crippen molar-refractivity contribution in [3.63, 3.8) is 0 Å². The van der Waals surface area contributed by atoms with Crippen molar-refractivity contribution in [3.8, 4) is 56.5 Å². The van der Waals surface area contributed by atoms with Crippen LogP contribution >= 0.6 is 0 Å². The van der Waals surface area contributed by atoms with Crippen molar-refractivity contribution < 1.29 is 4.74 Å². The fraction of sp³-hybridized carbons (Fsp3) is 0. The molecule has 59 heavy (non-hydrogen) atoms. The minimum absolute atomic E-state index is 0.704. The van der Waals surface area contributed by atoms with E-state index in [2.05, 4.69) is 130 Å². The molecule has 0 aliphatic heterocycles. The molecule has 0 fully saturated rings. The average Bonchev–Trinajstić information content (AvgIpc) is 3.97. The van der Waals surface area contributed by atoms with E-state index in [1.807, 2.05) is 73.1 Å². The van der Waals surface area contributed by atoms with Crippen LogP contribution in [0.25, 0.3) is 99.9 Å². The highest BCUT2D eigenvalue weighted by Crippen LogP contribution is 2.39. The molecular formula is C52H32N6O. The quantitative estimate of drug-likeness (QED) is 0.158. The number of aromatic nitrogens is 6. The summed E-state index contributed by atoms with van der Waals surface area (Å²) in [6, 6.07) is 62.4. The zero-order valence-electron chi connectivity index (χ0n) is 31.6. The predicted molar refractivity (Wildman–Crippen MR) is 238 cm³/mol. The van der Waals surface area contributed by atoms with Gasteiger partial charge in [-0.3, -0.25) is 8.80 Å². The number of pyridine rings is 4. The maximum absolute atomic E-state index is 6.75. The van der Waals surface area contributed by atoms with Crippen molar-refractivity contribution >= 4 is 54.9 Å². The minimum Gasteiger partial charge on any atom is -0.457 e. The Morgan fingerprint density at radius 1 is 0.322 bits per heavy atom. The molecule has 0 bridgehead atoms. The standard InChI is InChI=1S/C52H32N6O/c1-5-13-33(14-6-1)45-27-25-41-39-23-21-37(29-43(39)49-53-31-47(57(49)51(41)55-45)35-17-9-3-10-18-35)59-38-22-24-40-42-26-28-46(34-15-7-2-8-16-34)56-52(42)58-48(36-19-11-4-12-20-36)32-54-50(58)44(40)30-38/h1-32H. The van der Waals surface area contributed by atoms with Crippen LogP contribution in [0.3, 0.4) is 0 Å². The molecule has 0 spiro atoms. The van der Waals surface area contributed by atoms with Crippen LogP contribution in [0.2, 0.25) is 0 Å². The van der Waals surface area contributed by atoms with E-state index in [0.717, 1.165) is 99.9 Å². The van der Waals surface area contributed by atoms with Gasteiger partial charge in [0.1, 0.15) is 34.1 Å². The average molecular weight is 757 g/mol. The topological polar surface area (TPSA) is 69.6 Å². The summed E-state index contributed by atoms with van der Waals surface area (Å²) in [5.74, 6) is 1.41. The van der Waals surface area contributed by atoms with Crippen LogP contribution in [-0.2, 0) is 0 Å². The normalized spacial score (nSPS) is 11.7. The lowest BCUT2D eigenvalue weighted by molar-refractivity contribution is 0.484. The summed E-state index contributed by atoms with van der Waals surface area (Å²) < 4.78 is 11.1. The Morgan fingerprint density at radius 3 is 1.10 bits per heavy atom. The van der Waals surface area contributed by atoms with Crippen LogP contribution in [0.15, 0.2) is 194 Å². The van der Waals surface area contributed by atoms with Gasteiger partial charge in [-0.1, -0.05) is 121 Å². The van der Waals surface area contributed by atoms with Gasteiger partial charge in [0.05, 0.1) is 35.2 Å². The second kappa shape index (κ2) is 13.2. The molecule has 6 heterocycles. The van der Waals surface area contributed by atoms with Crippen molar-refractivity contribution in [2.45, 2.75) is 0 Å². The SMILES string of the molecule is c1ccc(-c2ccc3c4ccc(Oc5ccc6c(c5)c5ncc(-c7ccccc7)n5c5nc(-c7ccccc7)ccc65)cc4c4ncc(-c5ccccc5)n4c3n2)cc1. The molecule has 276 valence electrons. The molecule has 7 nitrogen and oxygen atoms in total. The molecule has 0 saturated carbocycles. The number of hydrogen-bond donors (Lipinski definition) is 0. The molecule has 0 atom stereocenters. The first kappa shape index (κ1) is 33.0. The third-order valence-electron chi connectivity index (χ3n) is 11.3. The Hall–Kier alpha value is -8.16. The summed E-state index contributed by atoms with van der Waals surface area (Å²) in [5.41, 5.74) is 11.4. The first-order valence-corrected chi connectivity index (χ1v) is 19.6. The molecule has 6 aromatic heterocycles. The fourth-order valence-electron chi connectivity index (χ4n) is 8.48. The monoisotopic (exact) mass is 756 g/mol. The highest BCUT2D eigenvalue weighted by Gasteiger charge is 2.20. The zero-order chi connectivity index (χ0) is 38.9. The predicted octanol–water partition coefficient (Wildman–Crippen LogP) is 12.8. The number of fused-ring (bicyclic) bond motifs is 12. The largest absolute Gasteiger partial charge is 0.457 e. The van der Waals surface area contributed by atoms with Gasteiger partial charge in [-0.15, -0.1) is 0 Å². The highest BCUT2D eigenvalue weighted by atomic mass is 16.5. The lowest BCUT2D eigenvalue weighted by Crippen LogP contribution is -1.98. The van der Waals surface area contributed by atoms with E-state index in [0.29, 0.717) is 11.5 Å². The maximum Gasteiger partial charge on any atom is 0.147 e. The molecule has 0 aliphatic carbocycles. The van der Waals surface area contributed by atoms with Crippen molar-refractivity contribution in [2.75, 3.05) is 0 Å². The van der Waals surface area contributed by atoms with E-state index in [9.17, 15) is 0 Å². The van der Waals surface area contributed by atoms with E-state index < -0.39 is 0 Å². The van der Waals surface area contributed by atoms with Gasteiger partial charge in [0.25, 0.3) is 0 Å². The second-order valence-electron chi connectivity index (χ2n) is 14.7. The Morgan fingerprint density at radius 2 is 0.695 bits per heavy atom. The summed E-state index contributed by atoms with van der Waals surface area (Å²) in [5, 5.41) is 6.12. The second-order valence-corrected chi connectivity index (χ2v) is 14.7. The van der Waals surface area contributed by atoms with Gasteiger partial charge in [0.15, 0.2) is 0 Å². The summed E-state index contributed by atoms with van der Waals surface area (Å²) in [6.45, 7) is 0. The van der Waals surface area contributed by atoms with E-state index in [1.54, 1.807) is 0 Å². The van der Waals surface area contributed by atoms with E-state index in [-0.39, 0.29) is 0 Å². The molecule has 0 radical (unpaired) electrons. The number of ether oxygens (including phenoxy) is 1. The van der Waals surface area contributed by atoms with Crippen LogP contribution in [-0.4, -0.2) is 28.7 Å². The van der Waals surface area contributed by atoms with Gasteiger partial charge in [-0.25, -0.2) is 19.9 Å². The molecule has 12 aromatic rings. The van der Waals surface area contributed by atoms with Crippen LogP contribution in [0, 0.1) is 0 Å². The van der Waals surface area contributed by atoms with E-state index >= 15 is 0 Å². The summed E-state index contributed by atoms with van der Waals surface area (Å²) in [7, 11) is 0. The summed E-state index contributed by atoms with van der Waals surface area (Å²) in [4.78, 5) is 20.6. The fourth-order valence-corrected chi connectivity index (χ4v) is 8.48. The first-order chi connectivity index (χ1) is 29.2. The number of hydrogen-bond acceptors (Lipinski definition) is 5. The Labute approximate surface area is 338 Å². The molecule has 6 aromatic carbocycles. The van der Waals surface area contributed by atoms with Gasteiger partial charge in [-0.2, -0.15) is 0 Å². The molecule has 7 heteroatoms. The lowest BCUT2D eigenvalue weighted by Gasteiger charge is -2.14. The van der Waals surface area contributed by atoms with Crippen LogP contribution in [0.1, 0.15) is 0 Å². The highest BCUT2D eigenvalue weighted by molar-refractivity contribution is 6.13. The first-order valence-electron chi connectivity index (χ1n) is 19.6. The molecule has 0 N–H and O–H groups in total. The molecule has 0 unspecified atom stereocenters. The van der Waals surface area contributed by atoms with Crippen LogP contribution in [0.5, 0.6) is 11.5 Å². The third-order valence-corrected chi connectivity index (χ3v) is 11.3. The molecule has 0 saturated heterocycles. The number of imidazole rings is 2. The Kier molecular flexibility index (Phi) is 7.40. The third kappa shape index (κ3) is 5.36. The molecule has 12 rings (SSSR count). The number of nitrogens with zero attached hydrogens (tertiary/aromatic N) is 6. The van der Waals surface area contributed by atoms with Crippen molar-refractivity contribution in [3.05, 3.63) is 194 Å².